The quantitative estimate of drug-likeness (QED) is 0.218. The lowest BCUT2D eigenvalue weighted by Gasteiger charge is -2.18. The van der Waals surface area contributed by atoms with Gasteiger partial charge in [-0.25, -0.2) is 0 Å². The molecule has 0 aliphatic rings. The lowest BCUT2D eigenvalue weighted by atomic mass is 9.87. The minimum atomic E-state index is -0.393. The van der Waals surface area contributed by atoms with E-state index >= 15 is 0 Å². The fraction of sp³-hybridized carbons (Fsp3) is 0.0741. The van der Waals surface area contributed by atoms with Crippen LogP contribution in [0.25, 0.3) is 22.3 Å². The van der Waals surface area contributed by atoms with Crippen molar-refractivity contribution in [2.75, 3.05) is 12.4 Å². The molecule has 32 heavy (non-hydrogen) atoms. The van der Waals surface area contributed by atoms with E-state index in [0.29, 0.717) is 33.5 Å². The molecule has 0 aromatic heterocycles. The number of ketones is 1. The maximum atomic E-state index is 13.7. The molecule has 0 fully saturated rings. The molecule has 0 amide bonds. The van der Waals surface area contributed by atoms with Gasteiger partial charge in [0.05, 0.1) is 21.6 Å². The van der Waals surface area contributed by atoms with Crippen molar-refractivity contribution >= 4 is 17.2 Å². The summed E-state index contributed by atoms with van der Waals surface area (Å²) in [7, 11) is 1.72. The maximum Gasteiger partial charge on any atom is 0.285 e. The van der Waals surface area contributed by atoms with Crippen molar-refractivity contribution < 1.29 is 9.72 Å². The summed E-state index contributed by atoms with van der Waals surface area (Å²) in [6.07, 6.45) is 0. The summed E-state index contributed by atoms with van der Waals surface area (Å²) in [6.45, 7) is 1.95. The summed E-state index contributed by atoms with van der Waals surface area (Å²) < 4.78 is 0. The highest BCUT2D eigenvalue weighted by Gasteiger charge is 2.31. The SMILES string of the molecule is CNc1cc(-c2ccccc2)c([N+](=O)[O-])c(-c2ccccc2)c1C(=O)c1ccc(C)cc1. The first kappa shape index (κ1) is 21.0. The van der Waals surface area contributed by atoms with Crippen LogP contribution >= 0.6 is 0 Å². The number of aryl methyl sites for hydroxylation is 1. The lowest BCUT2D eigenvalue weighted by molar-refractivity contribution is -0.383. The van der Waals surface area contributed by atoms with Crippen molar-refractivity contribution in [3.05, 3.63) is 118 Å². The molecule has 0 spiro atoms. The Balaban J connectivity index is 2.11. The fourth-order valence-corrected chi connectivity index (χ4v) is 3.87. The summed E-state index contributed by atoms with van der Waals surface area (Å²) in [6, 6.07) is 27.2. The Morgan fingerprint density at radius 3 is 1.94 bits per heavy atom. The number of benzene rings is 4. The van der Waals surface area contributed by atoms with Gasteiger partial charge in [0.25, 0.3) is 5.69 Å². The minimum absolute atomic E-state index is 0.0862. The Hall–Kier alpha value is -4.25. The van der Waals surface area contributed by atoms with Crippen LogP contribution in [0.15, 0.2) is 91.0 Å². The third kappa shape index (κ3) is 3.88. The van der Waals surface area contributed by atoms with Crippen molar-refractivity contribution in [2.45, 2.75) is 6.92 Å². The molecular weight excluding hydrogens is 400 g/mol. The predicted molar refractivity (Wildman–Crippen MR) is 128 cm³/mol. The summed E-state index contributed by atoms with van der Waals surface area (Å²) >= 11 is 0. The van der Waals surface area contributed by atoms with E-state index in [4.69, 9.17) is 0 Å². The summed E-state index contributed by atoms with van der Waals surface area (Å²) in [5, 5.41) is 15.5. The largest absolute Gasteiger partial charge is 0.387 e. The molecule has 5 nitrogen and oxygen atoms in total. The van der Waals surface area contributed by atoms with E-state index < -0.39 is 4.92 Å². The van der Waals surface area contributed by atoms with Crippen LogP contribution < -0.4 is 5.32 Å². The molecule has 0 aliphatic heterocycles. The molecule has 0 heterocycles. The first-order valence-electron chi connectivity index (χ1n) is 10.3. The van der Waals surface area contributed by atoms with Crippen LogP contribution in [0.4, 0.5) is 11.4 Å². The average Bonchev–Trinajstić information content (AvgIpc) is 2.83. The molecule has 0 aliphatic carbocycles. The van der Waals surface area contributed by atoms with Crippen LogP contribution in [-0.4, -0.2) is 17.8 Å². The molecule has 0 saturated heterocycles. The molecule has 4 aromatic rings. The number of hydrogen-bond acceptors (Lipinski definition) is 4. The number of hydrogen-bond donors (Lipinski definition) is 1. The molecule has 5 heteroatoms. The van der Waals surface area contributed by atoms with E-state index in [-0.39, 0.29) is 17.0 Å². The summed E-state index contributed by atoms with van der Waals surface area (Å²) in [4.78, 5) is 25.7. The van der Waals surface area contributed by atoms with Crippen molar-refractivity contribution in [1.82, 2.24) is 0 Å². The maximum absolute atomic E-state index is 13.7. The minimum Gasteiger partial charge on any atom is -0.387 e. The van der Waals surface area contributed by atoms with Crippen LogP contribution in [0.5, 0.6) is 0 Å². The molecule has 0 atom stereocenters. The number of nitro groups is 1. The lowest BCUT2D eigenvalue weighted by Crippen LogP contribution is -2.11. The third-order valence-corrected chi connectivity index (χ3v) is 5.44. The van der Waals surface area contributed by atoms with Gasteiger partial charge in [0.1, 0.15) is 0 Å². The highest BCUT2D eigenvalue weighted by atomic mass is 16.6. The fourth-order valence-electron chi connectivity index (χ4n) is 3.87. The van der Waals surface area contributed by atoms with Gasteiger partial charge in [-0.05, 0) is 24.1 Å². The Morgan fingerprint density at radius 2 is 1.41 bits per heavy atom. The highest BCUT2D eigenvalue weighted by molar-refractivity contribution is 6.18. The van der Waals surface area contributed by atoms with Crippen LogP contribution in [0, 0.1) is 17.0 Å². The highest BCUT2D eigenvalue weighted by Crippen LogP contribution is 2.45. The number of nitrogens with one attached hydrogen (secondary N) is 1. The second-order valence-electron chi connectivity index (χ2n) is 7.50. The van der Waals surface area contributed by atoms with Crippen molar-refractivity contribution in [3.63, 3.8) is 0 Å². The monoisotopic (exact) mass is 422 g/mol. The topological polar surface area (TPSA) is 72.2 Å². The van der Waals surface area contributed by atoms with Crippen molar-refractivity contribution in [1.29, 1.82) is 0 Å². The number of nitro benzene ring substituents is 1. The van der Waals surface area contributed by atoms with Gasteiger partial charge < -0.3 is 5.32 Å². The second kappa shape index (κ2) is 8.86. The predicted octanol–water partition coefficient (Wildman–Crippen LogP) is 6.51. The zero-order chi connectivity index (χ0) is 22.7. The van der Waals surface area contributed by atoms with Crippen LogP contribution in [0.1, 0.15) is 21.5 Å². The molecule has 158 valence electrons. The van der Waals surface area contributed by atoms with E-state index in [9.17, 15) is 14.9 Å². The molecule has 0 saturated carbocycles. The van der Waals surface area contributed by atoms with Gasteiger partial charge in [0.15, 0.2) is 5.78 Å². The third-order valence-electron chi connectivity index (χ3n) is 5.44. The smallest absolute Gasteiger partial charge is 0.285 e. The van der Waals surface area contributed by atoms with Crippen LogP contribution in [-0.2, 0) is 0 Å². The molecular formula is C27H22N2O3. The normalized spacial score (nSPS) is 10.6. The van der Waals surface area contributed by atoms with Gasteiger partial charge in [-0.15, -0.1) is 0 Å². The van der Waals surface area contributed by atoms with E-state index in [0.717, 1.165) is 5.56 Å². The van der Waals surface area contributed by atoms with Crippen LogP contribution in [0.3, 0.4) is 0 Å². The molecule has 1 N–H and O–H groups in total. The Labute approximate surface area is 186 Å². The van der Waals surface area contributed by atoms with Crippen molar-refractivity contribution in [2.24, 2.45) is 0 Å². The summed E-state index contributed by atoms with van der Waals surface area (Å²) in [5.41, 5.74) is 4.34. The number of nitrogens with zero attached hydrogens (tertiary/aromatic N) is 1. The van der Waals surface area contributed by atoms with Gasteiger partial charge >= 0.3 is 0 Å². The Bertz CT molecular complexity index is 1280. The number of anilines is 1. The van der Waals surface area contributed by atoms with E-state index in [1.165, 1.54) is 0 Å². The first-order chi connectivity index (χ1) is 15.5. The van der Waals surface area contributed by atoms with E-state index in [1.807, 2.05) is 67.6 Å². The van der Waals surface area contributed by atoms with Crippen molar-refractivity contribution in [3.8, 4) is 22.3 Å². The average molecular weight is 422 g/mol. The number of carbonyl (C=O) groups is 1. The van der Waals surface area contributed by atoms with Gasteiger partial charge in [-0.2, -0.15) is 0 Å². The molecule has 4 rings (SSSR count). The standard InChI is InChI=1S/C27H22N2O3/c1-18-13-15-21(16-14-18)27(30)25-23(28-2)17-22(19-9-5-3-6-10-19)26(29(31)32)24(25)20-11-7-4-8-12-20/h3-17,28H,1-2H3. The number of carbonyl (C=O) groups excluding carboxylic acids is 1. The zero-order valence-electron chi connectivity index (χ0n) is 17.8. The van der Waals surface area contributed by atoms with Gasteiger partial charge in [0.2, 0.25) is 0 Å². The second-order valence-corrected chi connectivity index (χ2v) is 7.50. The molecule has 0 unspecified atom stereocenters. The molecule has 0 radical (unpaired) electrons. The van der Waals surface area contributed by atoms with E-state index in [2.05, 4.69) is 5.32 Å². The molecule has 0 bridgehead atoms. The molecule has 4 aromatic carbocycles. The van der Waals surface area contributed by atoms with Gasteiger partial charge in [0, 0.05) is 18.3 Å². The van der Waals surface area contributed by atoms with Crippen LogP contribution in [0.2, 0.25) is 0 Å². The number of rotatable bonds is 6. The zero-order valence-corrected chi connectivity index (χ0v) is 17.8. The van der Waals surface area contributed by atoms with Gasteiger partial charge in [-0.1, -0.05) is 90.5 Å². The first-order valence-corrected chi connectivity index (χ1v) is 10.3. The Kier molecular flexibility index (Phi) is 5.81. The van der Waals surface area contributed by atoms with Gasteiger partial charge in [-0.3, -0.25) is 14.9 Å². The summed E-state index contributed by atoms with van der Waals surface area (Å²) in [5.74, 6) is -0.268. The van der Waals surface area contributed by atoms with E-state index in [1.54, 1.807) is 37.4 Å². The Morgan fingerprint density at radius 1 is 0.844 bits per heavy atom.